The lowest BCUT2D eigenvalue weighted by molar-refractivity contribution is -0.121. The van der Waals surface area contributed by atoms with Crippen LogP contribution < -0.4 is 5.32 Å². The fourth-order valence-corrected chi connectivity index (χ4v) is 2.45. The van der Waals surface area contributed by atoms with Gasteiger partial charge in [0, 0.05) is 0 Å². The Morgan fingerprint density at radius 3 is 2.38 bits per heavy atom. The van der Waals surface area contributed by atoms with Crippen LogP contribution in [0.3, 0.4) is 0 Å². The van der Waals surface area contributed by atoms with Crippen molar-refractivity contribution >= 4 is 5.91 Å². The van der Waals surface area contributed by atoms with Gasteiger partial charge in [-0.05, 0) is 23.3 Å². The van der Waals surface area contributed by atoms with Crippen molar-refractivity contribution in [2.45, 2.75) is 19.0 Å². The molecule has 0 saturated carbocycles. The Morgan fingerprint density at radius 2 is 1.71 bits per heavy atom. The van der Waals surface area contributed by atoms with Gasteiger partial charge in [0.25, 0.3) is 0 Å². The van der Waals surface area contributed by atoms with E-state index in [1.54, 1.807) is 24.5 Å². The van der Waals surface area contributed by atoms with Crippen LogP contribution in [0.5, 0.6) is 0 Å². The van der Waals surface area contributed by atoms with Crippen LogP contribution in [0.15, 0.2) is 67.0 Å². The molecule has 3 rings (SSSR count). The van der Waals surface area contributed by atoms with Crippen LogP contribution in [0.2, 0.25) is 0 Å². The van der Waals surface area contributed by atoms with E-state index < -0.39 is 0 Å². The largest absolute Gasteiger partial charge is 0.347 e. The van der Waals surface area contributed by atoms with Crippen LogP contribution in [0.4, 0.5) is 4.39 Å². The highest BCUT2D eigenvalue weighted by Gasteiger charge is 2.16. The molecule has 1 amide bonds. The normalized spacial score (nSPS) is 11.9. The number of hydrogen-bond acceptors (Lipinski definition) is 3. The summed E-state index contributed by atoms with van der Waals surface area (Å²) in [6.07, 6.45) is 3.39. The van der Waals surface area contributed by atoms with E-state index in [1.165, 1.54) is 16.9 Å². The molecule has 0 radical (unpaired) electrons. The van der Waals surface area contributed by atoms with E-state index in [-0.39, 0.29) is 24.2 Å². The van der Waals surface area contributed by atoms with Gasteiger partial charge in [0.2, 0.25) is 5.91 Å². The van der Waals surface area contributed by atoms with E-state index in [4.69, 9.17) is 0 Å². The molecule has 24 heavy (non-hydrogen) atoms. The molecule has 0 fully saturated rings. The predicted molar refractivity (Wildman–Crippen MR) is 87.5 cm³/mol. The summed E-state index contributed by atoms with van der Waals surface area (Å²) in [5.74, 6) is -0.450. The van der Waals surface area contributed by atoms with Gasteiger partial charge in [-0.15, -0.1) is 0 Å². The van der Waals surface area contributed by atoms with Gasteiger partial charge < -0.3 is 5.32 Å². The maximum atomic E-state index is 13.0. The average molecular weight is 324 g/mol. The molecule has 3 aromatic rings. The SMILES string of the molecule is O=C(Cc1ccc(F)cc1)NC(Cn1nccn1)c1ccccc1. The third-order valence-electron chi connectivity index (χ3n) is 3.63. The Hall–Kier alpha value is -3.02. The highest BCUT2D eigenvalue weighted by atomic mass is 19.1. The smallest absolute Gasteiger partial charge is 0.224 e. The lowest BCUT2D eigenvalue weighted by Crippen LogP contribution is -2.33. The van der Waals surface area contributed by atoms with Crippen molar-refractivity contribution < 1.29 is 9.18 Å². The zero-order chi connectivity index (χ0) is 16.8. The Bertz CT molecular complexity index is 773. The van der Waals surface area contributed by atoms with E-state index in [9.17, 15) is 9.18 Å². The lowest BCUT2D eigenvalue weighted by Gasteiger charge is -2.19. The fraction of sp³-hybridized carbons (Fsp3) is 0.167. The molecule has 0 aliphatic carbocycles. The van der Waals surface area contributed by atoms with Gasteiger partial charge in [0.15, 0.2) is 0 Å². The van der Waals surface area contributed by atoms with E-state index in [1.807, 2.05) is 30.3 Å². The second-order valence-corrected chi connectivity index (χ2v) is 5.42. The maximum absolute atomic E-state index is 13.0. The van der Waals surface area contributed by atoms with Crippen molar-refractivity contribution in [2.75, 3.05) is 0 Å². The molecule has 2 aromatic carbocycles. The molecule has 0 aliphatic heterocycles. The molecule has 1 N–H and O–H groups in total. The van der Waals surface area contributed by atoms with E-state index in [0.29, 0.717) is 6.54 Å². The Morgan fingerprint density at radius 1 is 1.04 bits per heavy atom. The van der Waals surface area contributed by atoms with Crippen molar-refractivity contribution in [3.05, 3.63) is 83.9 Å². The molecular weight excluding hydrogens is 307 g/mol. The minimum atomic E-state index is -0.314. The molecule has 0 aliphatic rings. The molecular formula is C18H17FN4O. The van der Waals surface area contributed by atoms with Gasteiger partial charge in [0.1, 0.15) is 5.82 Å². The monoisotopic (exact) mass is 324 g/mol. The first kappa shape index (κ1) is 15.9. The molecule has 1 unspecified atom stereocenters. The van der Waals surface area contributed by atoms with Gasteiger partial charge in [-0.1, -0.05) is 42.5 Å². The Kier molecular flexibility index (Phi) is 4.96. The molecule has 0 spiro atoms. The Labute approximate surface area is 139 Å². The number of benzene rings is 2. The van der Waals surface area contributed by atoms with Crippen LogP contribution in [0.1, 0.15) is 17.2 Å². The minimum Gasteiger partial charge on any atom is -0.347 e. The van der Waals surface area contributed by atoms with Crippen molar-refractivity contribution in [3.8, 4) is 0 Å². The number of carbonyl (C=O) groups excluding carboxylic acids is 1. The molecule has 0 bridgehead atoms. The number of halogens is 1. The molecule has 6 heteroatoms. The van der Waals surface area contributed by atoms with Crippen molar-refractivity contribution in [1.29, 1.82) is 0 Å². The summed E-state index contributed by atoms with van der Waals surface area (Å²) in [6, 6.07) is 15.4. The van der Waals surface area contributed by atoms with Crippen LogP contribution in [-0.2, 0) is 17.8 Å². The summed E-state index contributed by atoms with van der Waals surface area (Å²) in [5, 5.41) is 11.2. The van der Waals surface area contributed by atoms with Crippen LogP contribution in [0, 0.1) is 5.82 Å². The number of nitrogens with one attached hydrogen (secondary N) is 1. The van der Waals surface area contributed by atoms with E-state index in [2.05, 4.69) is 15.5 Å². The number of carbonyl (C=O) groups is 1. The zero-order valence-corrected chi connectivity index (χ0v) is 13.0. The number of aromatic nitrogens is 3. The molecule has 1 aromatic heterocycles. The van der Waals surface area contributed by atoms with E-state index in [0.717, 1.165) is 11.1 Å². The molecule has 122 valence electrons. The highest BCUT2D eigenvalue weighted by Crippen LogP contribution is 2.15. The van der Waals surface area contributed by atoms with Gasteiger partial charge in [0.05, 0.1) is 31.4 Å². The number of nitrogens with zero attached hydrogens (tertiary/aromatic N) is 3. The van der Waals surface area contributed by atoms with Crippen LogP contribution >= 0.6 is 0 Å². The first-order chi connectivity index (χ1) is 11.7. The molecule has 0 saturated heterocycles. The van der Waals surface area contributed by atoms with Crippen molar-refractivity contribution in [3.63, 3.8) is 0 Å². The fourth-order valence-electron chi connectivity index (χ4n) is 2.45. The lowest BCUT2D eigenvalue weighted by atomic mass is 10.1. The quantitative estimate of drug-likeness (QED) is 0.758. The second kappa shape index (κ2) is 7.50. The standard InChI is InChI=1S/C18H17FN4O/c19-16-8-6-14(7-9-16)12-18(24)22-17(13-23-20-10-11-21-23)15-4-2-1-3-5-15/h1-11,17H,12-13H2,(H,22,24). The third kappa shape index (κ3) is 4.25. The predicted octanol–water partition coefficient (Wildman–Crippen LogP) is 2.52. The van der Waals surface area contributed by atoms with Crippen molar-refractivity contribution in [1.82, 2.24) is 20.3 Å². The summed E-state index contributed by atoms with van der Waals surface area (Å²) in [6.45, 7) is 0.437. The van der Waals surface area contributed by atoms with E-state index >= 15 is 0 Å². The summed E-state index contributed by atoms with van der Waals surface area (Å²) < 4.78 is 13.0. The number of rotatable bonds is 6. The highest BCUT2D eigenvalue weighted by molar-refractivity contribution is 5.79. The van der Waals surface area contributed by atoms with Crippen LogP contribution in [0.25, 0.3) is 0 Å². The molecule has 5 nitrogen and oxygen atoms in total. The van der Waals surface area contributed by atoms with Gasteiger partial charge >= 0.3 is 0 Å². The minimum absolute atomic E-state index is 0.136. The topological polar surface area (TPSA) is 59.8 Å². The summed E-state index contributed by atoms with van der Waals surface area (Å²) in [5.41, 5.74) is 1.74. The first-order valence-electron chi connectivity index (χ1n) is 7.63. The van der Waals surface area contributed by atoms with Gasteiger partial charge in [-0.25, -0.2) is 4.39 Å². The zero-order valence-electron chi connectivity index (χ0n) is 13.0. The van der Waals surface area contributed by atoms with Gasteiger partial charge in [-0.3, -0.25) is 4.79 Å². The van der Waals surface area contributed by atoms with Crippen LogP contribution in [-0.4, -0.2) is 20.9 Å². The van der Waals surface area contributed by atoms with Crippen molar-refractivity contribution in [2.24, 2.45) is 0 Å². The maximum Gasteiger partial charge on any atom is 0.224 e. The van der Waals surface area contributed by atoms with Gasteiger partial charge in [-0.2, -0.15) is 15.0 Å². The summed E-state index contributed by atoms with van der Waals surface area (Å²) in [4.78, 5) is 13.9. The second-order valence-electron chi connectivity index (χ2n) is 5.42. The summed E-state index contributed by atoms with van der Waals surface area (Å²) in [7, 11) is 0. The number of hydrogen-bond donors (Lipinski definition) is 1. The summed E-state index contributed by atoms with van der Waals surface area (Å²) >= 11 is 0. The Balaban J connectivity index is 1.71. The third-order valence-corrected chi connectivity index (χ3v) is 3.63. The number of amides is 1. The molecule has 1 heterocycles. The first-order valence-corrected chi connectivity index (χ1v) is 7.63. The molecule has 1 atom stereocenters. The average Bonchev–Trinajstić information content (AvgIpc) is 3.10.